The predicted molar refractivity (Wildman–Crippen MR) is 532 cm³/mol. The van der Waals surface area contributed by atoms with Crippen LogP contribution in [0.5, 0.6) is 0 Å². The van der Waals surface area contributed by atoms with Crippen molar-refractivity contribution in [3.63, 3.8) is 0 Å². The van der Waals surface area contributed by atoms with Gasteiger partial charge in [0.15, 0.2) is 0 Å². The van der Waals surface area contributed by atoms with E-state index < -0.39 is 0 Å². The molecular formula is C117H118Hf2N6-4. The summed E-state index contributed by atoms with van der Waals surface area (Å²) in [5, 5.41) is 22.1. The third-order valence-electron chi connectivity index (χ3n) is 21.1. The van der Waals surface area contributed by atoms with Crippen LogP contribution in [0.2, 0.25) is 0 Å². The fourth-order valence-corrected chi connectivity index (χ4v) is 14.1. The van der Waals surface area contributed by atoms with Gasteiger partial charge < -0.3 is 9.97 Å². The number of hydrogen-bond donors (Lipinski definition) is 1. The Morgan fingerprint density at radius 3 is 0.760 bits per heavy atom. The zero-order chi connectivity index (χ0) is 88.0. The Kier molecular flexibility index (Phi) is 34.2. The number of nitrogens with zero attached hydrogens (tertiary/aromatic N) is 5. The summed E-state index contributed by atoms with van der Waals surface area (Å²) in [5.74, 6) is 0. The van der Waals surface area contributed by atoms with E-state index in [2.05, 4.69) is 294 Å². The first-order chi connectivity index (χ1) is 58.8. The molecule has 0 spiro atoms. The molecule has 0 fully saturated rings. The fraction of sp³-hybridized carbons (Fsp3) is 0.154. The van der Waals surface area contributed by atoms with Crippen molar-refractivity contribution in [2.75, 3.05) is 0 Å². The molecule has 0 atom stereocenters. The van der Waals surface area contributed by atoms with Crippen molar-refractivity contribution in [3.8, 4) is 45.3 Å². The molecule has 0 amide bonds. The van der Waals surface area contributed by atoms with E-state index >= 15 is 0 Å². The van der Waals surface area contributed by atoms with E-state index in [4.69, 9.17) is 15.2 Å². The van der Waals surface area contributed by atoms with Crippen LogP contribution in [0.1, 0.15) is 144 Å². The number of H-pyrrole nitrogens is 1. The van der Waals surface area contributed by atoms with Gasteiger partial charge in [-0.1, -0.05) is 235 Å². The van der Waals surface area contributed by atoms with Gasteiger partial charge in [-0.15, -0.1) is 96.3 Å². The third-order valence-corrected chi connectivity index (χ3v) is 21.1. The van der Waals surface area contributed by atoms with Gasteiger partial charge in [-0.05, 0) is 141 Å². The summed E-state index contributed by atoms with van der Waals surface area (Å²) in [4.78, 5) is 9.00. The minimum absolute atomic E-state index is 0. The van der Waals surface area contributed by atoms with E-state index in [1.807, 2.05) is 236 Å². The van der Waals surface area contributed by atoms with Crippen LogP contribution in [-0.2, 0) is 87.4 Å². The summed E-state index contributed by atoms with van der Waals surface area (Å²) in [7, 11) is 4.01. The Morgan fingerprint density at radius 1 is 0.248 bits per heavy atom. The van der Waals surface area contributed by atoms with Gasteiger partial charge in [0.1, 0.15) is 5.69 Å². The van der Waals surface area contributed by atoms with Gasteiger partial charge in [0.05, 0.1) is 22.4 Å². The molecular weight excluding hydrogens is 1850 g/mol. The predicted octanol–water partition coefficient (Wildman–Crippen LogP) is 31.0. The quantitative estimate of drug-likeness (QED) is 0.108. The topological polar surface area (TPSA) is 65.5 Å². The van der Waals surface area contributed by atoms with Crippen molar-refractivity contribution in [3.05, 3.63) is 480 Å². The molecule has 0 radical (unpaired) electrons. The molecule has 0 aliphatic rings. The summed E-state index contributed by atoms with van der Waals surface area (Å²) in [6.45, 7) is 53.4. The molecule has 4 heterocycles. The Hall–Kier alpha value is -12.3. The van der Waals surface area contributed by atoms with E-state index in [9.17, 15) is 0 Å². The monoisotopic (exact) mass is 1970 g/mol. The van der Waals surface area contributed by atoms with Gasteiger partial charge in [-0.3, -0.25) is 9.36 Å². The maximum absolute atomic E-state index is 5.22. The van der Waals surface area contributed by atoms with Crippen molar-refractivity contribution >= 4 is 64.9 Å². The summed E-state index contributed by atoms with van der Waals surface area (Å²) in [6.07, 6.45) is 0. The summed E-state index contributed by atoms with van der Waals surface area (Å²) in [6, 6.07) is 127. The van der Waals surface area contributed by atoms with Crippen LogP contribution in [0.4, 0.5) is 0 Å². The van der Waals surface area contributed by atoms with Gasteiger partial charge in [0, 0.05) is 62.0 Å². The van der Waals surface area contributed by atoms with E-state index in [0.717, 1.165) is 94.9 Å². The normalized spacial score (nSPS) is 10.9. The minimum atomic E-state index is 0. The van der Waals surface area contributed by atoms with Gasteiger partial charge >= 0.3 is 25.8 Å². The number of aromatic amines is 1. The minimum Gasteiger partial charge on any atom is -0.656 e. The van der Waals surface area contributed by atoms with Gasteiger partial charge in [-0.2, -0.15) is 183 Å². The van der Waals surface area contributed by atoms with Crippen LogP contribution in [-0.4, -0.2) is 24.5 Å². The number of benzene rings is 15. The second-order valence-corrected chi connectivity index (χ2v) is 35.1. The summed E-state index contributed by atoms with van der Waals surface area (Å²) < 4.78 is 3.90. The van der Waals surface area contributed by atoms with E-state index in [1.54, 1.807) is 0 Å². The first-order valence-electron chi connectivity index (χ1n) is 42.1. The molecule has 628 valence electrons. The molecule has 0 aliphatic heterocycles. The first-order valence-corrected chi connectivity index (χ1v) is 42.1. The Balaban J connectivity index is 0.000000182. The molecule has 1 N–H and O–H groups in total. The molecule has 125 heavy (non-hydrogen) atoms. The molecule has 8 heteroatoms. The molecule has 0 aliphatic carbocycles. The summed E-state index contributed by atoms with van der Waals surface area (Å²) >= 11 is 0. The van der Waals surface area contributed by atoms with Gasteiger partial charge in [0.2, 0.25) is 0 Å². The summed E-state index contributed by atoms with van der Waals surface area (Å²) in [5.41, 5.74) is 23.8. The standard InChI is InChI=1S/C34H35N3.C34H34N3.7C7H7.2Hf/c2*1-33(2,3)23-14-12-21-18-22-13-15-24(34(4,5)6)20-27(22)31(26(21)19-23)28-16-17-29(35-28)32-25-10-8-9-11-30(25)37(7)36-32;7*1-7-5-3-2-4-6-7;;/h8-20,35H,1-7H3;8-20H,1-7H3;7*2-6H,1H2;;/q;8*-1;;+4. The number of para-hydroxylation sites is 2. The van der Waals surface area contributed by atoms with E-state index in [1.165, 1.54) is 76.5 Å². The van der Waals surface area contributed by atoms with Crippen molar-refractivity contribution in [2.45, 2.75) is 105 Å². The number of hydrogen-bond acceptors (Lipinski definition) is 2. The largest absolute Gasteiger partial charge is 4.00 e. The molecule has 4 aromatic heterocycles. The molecule has 6 nitrogen and oxygen atoms in total. The Bertz CT molecular complexity index is 5750. The van der Waals surface area contributed by atoms with Crippen LogP contribution in [0, 0.1) is 48.5 Å². The molecule has 0 unspecified atom stereocenters. The second kappa shape index (κ2) is 44.3. The second-order valence-electron chi connectivity index (χ2n) is 35.1. The maximum atomic E-state index is 5.22. The number of nitrogens with one attached hydrogen (secondary N) is 1. The van der Waals surface area contributed by atoms with Crippen molar-refractivity contribution < 1.29 is 51.7 Å². The Labute approximate surface area is 783 Å². The molecule has 0 bridgehead atoms. The zero-order valence-corrected chi connectivity index (χ0v) is 82.6. The molecule has 19 rings (SSSR count). The average molecular weight is 1970 g/mol. The van der Waals surface area contributed by atoms with Crippen molar-refractivity contribution in [1.82, 2.24) is 29.5 Å². The average Bonchev–Trinajstić information content (AvgIpc) is 1.73. The number of rotatable bonds is 4. The zero-order valence-electron chi connectivity index (χ0n) is 75.4. The maximum Gasteiger partial charge on any atom is 4.00 e. The first kappa shape index (κ1) is 96.5. The molecule has 15 aromatic carbocycles. The van der Waals surface area contributed by atoms with Gasteiger partial charge in [-0.25, -0.2) is 0 Å². The van der Waals surface area contributed by atoms with E-state index in [0.29, 0.717) is 0 Å². The van der Waals surface area contributed by atoms with Crippen LogP contribution in [0.25, 0.3) is 110 Å². The Morgan fingerprint density at radius 2 is 0.488 bits per heavy atom. The molecule has 0 saturated carbocycles. The number of aromatic nitrogens is 6. The SMILES string of the molecule is Cn1nc(-c2ccc(-c3c4cc(C(C)(C)C)ccc4cc4ccc(C(C)(C)C)cc34)[n-]2)c2ccccc21.Cn1nc(-c2ccc(-c3c4cc(C(C)(C)C)ccc4cc4ccc(C(C)(C)C)cc34)[nH]2)c2ccccc21.[CH2-]c1ccccc1.[CH2-]c1ccccc1.[CH2-]c1ccccc1.[CH2-]c1ccccc1.[CH2-]c1ccccc1.[CH2-]c1ccccc1.[CH2-]c1ccccc1.[Hf+4].[Hf]. The number of aryl methyl sites for hydroxylation is 2. The number of fused-ring (bicyclic) bond motifs is 6. The van der Waals surface area contributed by atoms with Crippen molar-refractivity contribution in [2.24, 2.45) is 14.1 Å². The van der Waals surface area contributed by atoms with E-state index in [-0.39, 0.29) is 73.3 Å². The molecule has 0 saturated heterocycles. The third kappa shape index (κ3) is 26.8. The fourth-order valence-electron chi connectivity index (χ4n) is 14.1. The van der Waals surface area contributed by atoms with Gasteiger partial charge in [0.25, 0.3) is 0 Å². The van der Waals surface area contributed by atoms with Crippen LogP contribution >= 0.6 is 0 Å². The smallest absolute Gasteiger partial charge is 0.656 e. The van der Waals surface area contributed by atoms with Crippen LogP contribution < -0.4 is 4.98 Å². The van der Waals surface area contributed by atoms with Crippen molar-refractivity contribution in [1.29, 1.82) is 0 Å². The van der Waals surface area contributed by atoms with Crippen LogP contribution in [0.3, 0.4) is 0 Å². The molecule has 19 aromatic rings. The van der Waals surface area contributed by atoms with Crippen LogP contribution in [0.15, 0.2) is 370 Å².